The number of rotatable bonds is 4. The number of nitrogens with zero attached hydrogens (tertiary/aromatic N) is 2. The number of hydrogen-bond acceptors (Lipinski definition) is 4. The van der Waals surface area contributed by atoms with E-state index in [1.54, 1.807) is 18.3 Å². The second-order valence-corrected chi connectivity index (χ2v) is 6.33. The number of anilines is 1. The van der Waals surface area contributed by atoms with Gasteiger partial charge in [-0.15, -0.1) is 0 Å². The van der Waals surface area contributed by atoms with Gasteiger partial charge in [0.2, 0.25) is 0 Å². The monoisotopic (exact) mass is 337 g/mol. The van der Waals surface area contributed by atoms with Gasteiger partial charge in [-0.05, 0) is 62.3 Å². The van der Waals surface area contributed by atoms with Crippen LogP contribution >= 0.6 is 0 Å². The lowest BCUT2D eigenvalue weighted by Crippen LogP contribution is -2.45. The number of aromatic amines is 1. The zero-order valence-corrected chi connectivity index (χ0v) is 13.8. The summed E-state index contributed by atoms with van der Waals surface area (Å²) in [6.07, 6.45) is 5.56. The summed E-state index contributed by atoms with van der Waals surface area (Å²) in [4.78, 5) is 4.43. The minimum Gasteiger partial charge on any atom is -0.360 e. The minimum atomic E-state index is -0.268. The molecule has 0 radical (unpaired) electrons. The molecule has 6 heteroatoms. The van der Waals surface area contributed by atoms with Crippen LogP contribution in [0.15, 0.2) is 54.9 Å². The molecule has 128 valence electrons. The topological polar surface area (TPSA) is 65.6 Å². The molecular formula is C19H20FN5. The zero-order valence-electron chi connectivity index (χ0n) is 13.8. The maximum atomic E-state index is 13.3. The van der Waals surface area contributed by atoms with E-state index in [9.17, 15) is 4.39 Å². The lowest BCUT2D eigenvalue weighted by Gasteiger charge is -2.39. The lowest BCUT2D eigenvalue weighted by atomic mass is 9.80. The normalized spacial score (nSPS) is 16.5. The molecule has 3 N–H and O–H groups in total. The van der Waals surface area contributed by atoms with Crippen LogP contribution in [0.4, 0.5) is 10.2 Å². The van der Waals surface area contributed by atoms with Gasteiger partial charge in [-0.1, -0.05) is 6.07 Å². The SMILES string of the molecule is Fc1ccc(-c2n[nH]cc2C2(Nc3ccccn3)CCNCC2)cc1. The van der Waals surface area contributed by atoms with E-state index in [2.05, 4.69) is 25.8 Å². The second-order valence-electron chi connectivity index (χ2n) is 6.33. The van der Waals surface area contributed by atoms with Gasteiger partial charge in [0.15, 0.2) is 0 Å². The first kappa shape index (κ1) is 15.8. The summed E-state index contributed by atoms with van der Waals surface area (Å²) < 4.78 is 13.3. The molecule has 3 heterocycles. The number of hydrogen-bond donors (Lipinski definition) is 3. The van der Waals surface area contributed by atoms with Gasteiger partial charge in [0.25, 0.3) is 0 Å². The molecule has 0 amide bonds. The Morgan fingerprint density at radius 3 is 2.56 bits per heavy atom. The van der Waals surface area contributed by atoms with Crippen LogP contribution in [0.5, 0.6) is 0 Å². The van der Waals surface area contributed by atoms with Gasteiger partial charge in [-0.3, -0.25) is 5.10 Å². The predicted octanol–water partition coefficient (Wildman–Crippen LogP) is 3.30. The molecule has 1 fully saturated rings. The van der Waals surface area contributed by atoms with Crippen LogP contribution in [0.2, 0.25) is 0 Å². The van der Waals surface area contributed by atoms with Crippen molar-refractivity contribution in [2.24, 2.45) is 0 Å². The van der Waals surface area contributed by atoms with Crippen molar-refractivity contribution < 1.29 is 4.39 Å². The molecule has 1 aliphatic rings. The number of aromatic nitrogens is 3. The van der Waals surface area contributed by atoms with E-state index >= 15 is 0 Å². The molecular weight excluding hydrogens is 317 g/mol. The average molecular weight is 337 g/mol. The van der Waals surface area contributed by atoms with E-state index in [0.717, 1.165) is 48.6 Å². The summed E-state index contributed by atoms with van der Waals surface area (Å²) in [7, 11) is 0. The average Bonchev–Trinajstić information content (AvgIpc) is 3.14. The highest BCUT2D eigenvalue weighted by molar-refractivity contribution is 5.65. The van der Waals surface area contributed by atoms with Crippen molar-refractivity contribution >= 4 is 5.82 Å². The molecule has 1 saturated heterocycles. The Balaban J connectivity index is 1.76. The number of benzene rings is 1. The standard InChI is InChI=1S/C19H20FN5/c20-15-6-4-14(5-7-15)18-16(13-23-25-18)19(8-11-21-12-9-19)24-17-3-1-2-10-22-17/h1-7,10,13,21H,8-9,11-12H2,(H,22,24)(H,23,25). The third kappa shape index (κ3) is 3.13. The van der Waals surface area contributed by atoms with Crippen molar-refractivity contribution in [2.45, 2.75) is 18.4 Å². The Morgan fingerprint density at radius 2 is 1.84 bits per heavy atom. The fourth-order valence-electron chi connectivity index (χ4n) is 3.48. The third-order valence-corrected chi connectivity index (χ3v) is 4.76. The van der Waals surface area contributed by atoms with Crippen LogP contribution in [0.3, 0.4) is 0 Å². The van der Waals surface area contributed by atoms with Crippen molar-refractivity contribution in [2.75, 3.05) is 18.4 Å². The van der Waals surface area contributed by atoms with Crippen LogP contribution < -0.4 is 10.6 Å². The number of halogens is 1. The van der Waals surface area contributed by atoms with Gasteiger partial charge >= 0.3 is 0 Å². The van der Waals surface area contributed by atoms with E-state index in [0.29, 0.717) is 0 Å². The highest BCUT2D eigenvalue weighted by Crippen LogP contribution is 2.38. The van der Waals surface area contributed by atoms with Gasteiger partial charge in [0.05, 0.1) is 11.2 Å². The zero-order chi connectivity index (χ0) is 17.1. The summed E-state index contributed by atoms with van der Waals surface area (Å²) in [5.74, 6) is 0.597. The van der Waals surface area contributed by atoms with Crippen LogP contribution in [0.1, 0.15) is 18.4 Å². The fourth-order valence-corrected chi connectivity index (χ4v) is 3.48. The highest BCUT2D eigenvalue weighted by Gasteiger charge is 2.37. The maximum Gasteiger partial charge on any atom is 0.126 e. The Bertz CT molecular complexity index is 823. The predicted molar refractivity (Wildman–Crippen MR) is 95.6 cm³/mol. The van der Waals surface area contributed by atoms with E-state index in [4.69, 9.17) is 0 Å². The first-order valence-electron chi connectivity index (χ1n) is 8.47. The summed E-state index contributed by atoms with van der Waals surface area (Å²) in [5.41, 5.74) is 2.58. The third-order valence-electron chi connectivity index (χ3n) is 4.76. The molecule has 0 saturated carbocycles. The quantitative estimate of drug-likeness (QED) is 0.683. The van der Waals surface area contributed by atoms with Gasteiger partial charge in [0, 0.05) is 23.5 Å². The first-order valence-corrected chi connectivity index (χ1v) is 8.47. The largest absolute Gasteiger partial charge is 0.360 e. The van der Waals surface area contributed by atoms with Gasteiger partial charge < -0.3 is 10.6 Å². The van der Waals surface area contributed by atoms with Crippen LogP contribution in [0.25, 0.3) is 11.3 Å². The number of piperidine rings is 1. The lowest BCUT2D eigenvalue weighted by molar-refractivity contribution is 0.346. The number of nitrogens with one attached hydrogen (secondary N) is 3. The minimum absolute atomic E-state index is 0.246. The number of H-pyrrole nitrogens is 1. The molecule has 0 atom stereocenters. The summed E-state index contributed by atoms with van der Waals surface area (Å²) >= 11 is 0. The second kappa shape index (κ2) is 6.64. The van der Waals surface area contributed by atoms with Gasteiger partial charge in [0.1, 0.15) is 11.6 Å². The molecule has 0 spiro atoms. The molecule has 0 aliphatic carbocycles. The Morgan fingerprint density at radius 1 is 1.04 bits per heavy atom. The van der Waals surface area contributed by atoms with Crippen molar-refractivity contribution in [1.29, 1.82) is 0 Å². The molecule has 1 aliphatic heterocycles. The first-order chi connectivity index (χ1) is 12.3. The van der Waals surface area contributed by atoms with Gasteiger partial charge in [-0.25, -0.2) is 9.37 Å². The van der Waals surface area contributed by atoms with Crippen LogP contribution in [-0.2, 0) is 5.54 Å². The molecule has 0 unspecified atom stereocenters. The Kier molecular flexibility index (Phi) is 4.19. The smallest absolute Gasteiger partial charge is 0.126 e. The molecule has 0 bridgehead atoms. The van der Waals surface area contributed by atoms with Crippen molar-refractivity contribution in [1.82, 2.24) is 20.5 Å². The molecule has 2 aromatic heterocycles. The van der Waals surface area contributed by atoms with Crippen molar-refractivity contribution in [3.05, 3.63) is 66.2 Å². The van der Waals surface area contributed by atoms with Crippen LogP contribution in [0, 0.1) is 5.82 Å². The van der Waals surface area contributed by atoms with Crippen molar-refractivity contribution in [3.8, 4) is 11.3 Å². The molecule has 4 rings (SSSR count). The maximum absolute atomic E-state index is 13.3. The summed E-state index contributed by atoms with van der Waals surface area (Å²) in [6.45, 7) is 1.82. The molecule has 3 aromatic rings. The molecule has 5 nitrogen and oxygen atoms in total. The number of pyridine rings is 1. The van der Waals surface area contributed by atoms with E-state index in [1.807, 2.05) is 24.4 Å². The van der Waals surface area contributed by atoms with E-state index in [-0.39, 0.29) is 11.4 Å². The Labute approximate surface area is 145 Å². The molecule has 25 heavy (non-hydrogen) atoms. The fraction of sp³-hybridized carbons (Fsp3) is 0.263. The van der Waals surface area contributed by atoms with Gasteiger partial charge in [-0.2, -0.15) is 5.10 Å². The van der Waals surface area contributed by atoms with E-state index in [1.165, 1.54) is 12.1 Å². The molecule has 1 aromatic carbocycles. The Hall–Kier alpha value is -2.73. The highest BCUT2D eigenvalue weighted by atomic mass is 19.1. The summed E-state index contributed by atoms with van der Waals surface area (Å²) in [5, 5.41) is 14.5. The summed E-state index contributed by atoms with van der Waals surface area (Å²) in [6, 6.07) is 12.3. The van der Waals surface area contributed by atoms with E-state index < -0.39 is 0 Å². The van der Waals surface area contributed by atoms with Crippen molar-refractivity contribution in [3.63, 3.8) is 0 Å². The van der Waals surface area contributed by atoms with Crippen LogP contribution in [-0.4, -0.2) is 28.3 Å².